The van der Waals surface area contributed by atoms with E-state index in [0.29, 0.717) is 10.8 Å². The number of carbonyl (C=O) groups is 2. The van der Waals surface area contributed by atoms with E-state index in [9.17, 15) is 9.59 Å². The number of halogens is 2. The number of esters is 1. The third-order valence-electron chi connectivity index (χ3n) is 4.18. The summed E-state index contributed by atoms with van der Waals surface area (Å²) < 4.78 is 5.31. The standard InChI is InChI=1S/C21H18Cl2N2O3S/c1-3-14-7-4-5-10-18(14)25(13(2)26)21-24-15(12-29-21)11-28-20(27)16-8-6-9-17(22)19(16)23/h4-10,12H,3,11H2,1-2H3. The number of nitrogens with zero attached hydrogens (tertiary/aromatic N) is 2. The van der Waals surface area contributed by atoms with Crippen LogP contribution in [0.3, 0.4) is 0 Å². The van der Waals surface area contributed by atoms with Crippen molar-refractivity contribution in [3.05, 3.63) is 74.7 Å². The first kappa shape index (κ1) is 21.3. The summed E-state index contributed by atoms with van der Waals surface area (Å²) >= 11 is 13.3. The van der Waals surface area contributed by atoms with E-state index >= 15 is 0 Å². The summed E-state index contributed by atoms with van der Waals surface area (Å²) in [7, 11) is 0. The molecule has 0 aliphatic heterocycles. The van der Waals surface area contributed by atoms with Gasteiger partial charge in [-0.3, -0.25) is 9.69 Å². The molecule has 8 heteroatoms. The van der Waals surface area contributed by atoms with Crippen molar-refractivity contribution in [3.63, 3.8) is 0 Å². The van der Waals surface area contributed by atoms with Crippen molar-refractivity contribution >= 4 is 57.2 Å². The molecular formula is C21H18Cl2N2O3S. The number of hydrogen-bond donors (Lipinski definition) is 0. The molecule has 150 valence electrons. The summed E-state index contributed by atoms with van der Waals surface area (Å²) in [5.41, 5.74) is 2.57. The smallest absolute Gasteiger partial charge is 0.340 e. The van der Waals surface area contributed by atoms with Gasteiger partial charge < -0.3 is 4.74 Å². The number of benzene rings is 2. The van der Waals surface area contributed by atoms with Gasteiger partial charge in [0.15, 0.2) is 5.13 Å². The lowest BCUT2D eigenvalue weighted by atomic mass is 10.1. The van der Waals surface area contributed by atoms with Crippen LogP contribution in [0.15, 0.2) is 47.8 Å². The zero-order valence-electron chi connectivity index (χ0n) is 15.8. The lowest BCUT2D eigenvalue weighted by molar-refractivity contribution is -0.115. The Morgan fingerprint density at radius 1 is 1.14 bits per heavy atom. The number of aromatic nitrogens is 1. The summed E-state index contributed by atoms with van der Waals surface area (Å²) in [5.74, 6) is -0.735. The minimum absolute atomic E-state index is 0.0423. The Labute approximate surface area is 182 Å². The molecule has 0 saturated carbocycles. The van der Waals surface area contributed by atoms with Crippen molar-refractivity contribution < 1.29 is 14.3 Å². The van der Waals surface area contributed by atoms with Crippen molar-refractivity contribution in [1.82, 2.24) is 4.98 Å². The van der Waals surface area contributed by atoms with E-state index in [1.807, 2.05) is 31.2 Å². The monoisotopic (exact) mass is 448 g/mol. The Hall–Kier alpha value is -2.41. The van der Waals surface area contributed by atoms with E-state index in [1.165, 1.54) is 18.3 Å². The van der Waals surface area contributed by atoms with Crippen LogP contribution in [0.4, 0.5) is 10.8 Å². The SMILES string of the molecule is CCc1ccccc1N(C(C)=O)c1nc(COC(=O)c2cccc(Cl)c2Cl)cs1. The molecule has 1 aromatic heterocycles. The molecule has 2 aromatic carbocycles. The van der Waals surface area contributed by atoms with Gasteiger partial charge in [0, 0.05) is 12.3 Å². The maximum absolute atomic E-state index is 12.3. The summed E-state index contributed by atoms with van der Waals surface area (Å²) in [4.78, 5) is 30.7. The highest BCUT2D eigenvalue weighted by Crippen LogP contribution is 2.32. The van der Waals surface area contributed by atoms with Gasteiger partial charge in [-0.15, -0.1) is 11.3 Å². The van der Waals surface area contributed by atoms with Crippen LogP contribution in [-0.4, -0.2) is 16.9 Å². The number of aryl methyl sites for hydroxylation is 1. The molecule has 0 aliphatic carbocycles. The fourth-order valence-electron chi connectivity index (χ4n) is 2.78. The molecule has 0 bridgehead atoms. The first-order chi connectivity index (χ1) is 13.9. The zero-order valence-corrected chi connectivity index (χ0v) is 18.1. The van der Waals surface area contributed by atoms with Crippen LogP contribution in [0.5, 0.6) is 0 Å². The van der Waals surface area contributed by atoms with Gasteiger partial charge in [-0.1, -0.05) is 54.4 Å². The topological polar surface area (TPSA) is 59.5 Å². The molecule has 1 amide bonds. The Morgan fingerprint density at radius 2 is 1.90 bits per heavy atom. The molecule has 5 nitrogen and oxygen atoms in total. The molecular weight excluding hydrogens is 431 g/mol. The second-order valence-electron chi connectivity index (χ2n) is 6.14. The summed E-state index contributed by atoms with van der Waals surface area (Å²) in [5, 5.41) is 2.71. The van der Waals surface area contributed by atoms with Crippen LogP contribution >= 0.6 is 34.5 Å². The molecule has 1 heterocycles. The molecule has 0 spiro atoms. The fourth-order valence-corrected chi connectivity index (χ4v) is 4.02. The van der Waals surface area contributed by atoms with Crippen LogP contribution < -0.4 is 4.90 Å². The van der Waals surface area contributed by atoms with Crippen LogP contribution in [-0.2, 0) is 22.6 Å². The van der Waals surface area contributed by atoms with E-state index in [1.54, 1.807) is 28.5 Å². The number of thiazole rings is 1. The van der Waals surface area contributed by atoms with Gasteiger partial charge in [-0.2, -0.15) is 0 Å². The van der Waals surface area contributed by atoms with Gasteiger partial charge in [-0.25, -0.2) is 9.78 Å². The summed E-state index contributed by atoms with van der Waals surface area (Å²) in [6.45, 7) is 3.48. The maximum atomic E-state index is 12.3. The van der Waals surface area contributed by atoms with Crippen LogP contribution in [0.25, 0.3) is 0 Å². The summed E-state index contributed by atoms with van der Waals surface area (Å²) in [6, 6.07) is 12.5. The maximum Gasteiger partial charge on any atom is 0.340 e. The van der Waals surface area contributed by atoms with Gasteiger partial charge in [0.1, 0.15) is 6.61 Å². The average Bonchev–Trinajstić information content (AvgIpc) is 3.17. The number of anilines is 2. The lowest BCUT2D eigenvalue weighted by Gasteiger charge is -2.20. The number of hydrogen-bond acceptors (Lipinski definition) is 5. The second-order valence-corrected chi connectivity index (χ2v) is 7.76. The quantitative estimate of drug-likeness (QED) is 0.430. The predicted molar refractivity (Wildman–Crippen MR) is 116 cm³/mol. The largest absolute Gasteiger partial charge is 0.456 e. The number of para-hydroxylation sites is 1. The molecule has 0 N–H and O–H groups in total. The molecule has 0 saturated heterocycles. The van der Waals surface area contributed by atoms with Crippen LogP contribution in [0.1, 0.15) is 35.5 Å². The fraction of sp³-hybridized carbons (Fsp3) is 0.190. The Morgan fingerprint density at radius 3 is 2.62 bits per heavy atom. The van der Waals surface area contributed by atoms with Crippen LogP contribution in [0.2, 0.25) is 10.0 Å². The van der Waals surface area contributed by atoms with E-state index in [2.05, 4.69) is 4.98 Å². The minimum atomic E-state index is -0.591. The average molecular weight is 449 g/mol. The van der Waals surface area contributed by atoms with Gasteiger partial charge in [0.05, 0.1) is 27.0 Å². The van der Waals surface area contributed by atoms with Crippen molar-refractivity contribution in [2.45, 2.75) is 26.9 Å². The number of amides is 1. The Kier molecular flexibility index (Phi) is 6.90. The van der Waals surface area contributed by atoms with Crippen molar-refractivity contribution in [3.8, 4) is 0 Å². The van der Waals surface area contributed by atoms with Crippen LogP contribution in [0, 0.1) is 0 Å². The van der Waals surface area contributed by atoms with E-state index in [-0.39, 0.29) is 28.1 Å². The highest BCUT2D eigenvalue weighted by molar-refractivity contribution is 7.14. The third-order valence-corrected chi connectivity index (χ3v) is 5.88. The summed E-state index contributed by atoms with van der Waals surface area (Å²) in [6.07, 6.45) is 0.788. The van der Waals surface area contributed by atoms with E-state index in [4.69, 9.17) is 27.9 Å². The highest BCUT2D eigenvalue weighted by atomic mass is 35.5. The van der Waals surface area contributed by atoms with Gasteiger partial charge in [-0.05, 0) is 30.2 Å². The molecule has 0 aliphatic rings. The Bertz CT molecular complexity index is 1050. The number of rotatable bonds is 6. The molecule has 0 unspecified atom stereocenters. The molecule has 0 radical (unpaired) electrons. The molecule has 29 heavy (non-hydrogen) atoms. The number of ether oxygens (including phenoxy) is 1. The van der Waals surface area contributed by atoms with E-state index in [0.717, 1.165) is 17.7 Å². The molecule has 0 fully saturated rings. The third kappa shape index (κ3) is 4.78. The highest BCUT2D eigenvalue weighted by Gasteiger charge is 2.21. The van der Waals surface area contributed by atoms with Crippen molar-refractivity contribution in [2.75, 3.05) is 4.90 Å². The first-order valence-corrected chi connectivity index (χ1v) is 10.5. The molecule has 3 rings (SSSR count). The Balaban J connectivity index is 1.78. The number of carbonyl (C=O) groups excluding carboxylic acids is 2. The first-order valence-electron chi connectivity index (χ1n) is 8.86. The normalized spacial score (nSPS) is 10.6. The lowest BCUT2D eigenvalue weighted by Crippen LogP contribution is -2.23. The molecule has 3 aromatic rings. The minimum Gasteiger partial charge on any atom is -0.456 e. The predicted octanol–water partition coefficient (Wildman–Crippen LogP) is 6.05. The van der Waals surface area contributed by atoms with Gasteiger partial charge >= 0.3 is 5.97 Å². The second kappa shape index (κ2) is 9.39. The van der Waals surface area contributed by atoms with Gasteiger partial charge in [0.2, 0.25) is 5.91 Å². The van der Waals surface area contributed by atoms with Crippen molar-refractivity contribution in [1.29, 1.82) is 0 Å². The van der Waals surface area contributed by atoms with Gasteiger partial charge in [0.25, 0.3) is 0 Å². The van der Waals surface area contributed by atoms with Crippen molar-refractivity contribution in [2.24, 2.45) is 0 Å². The van der Waals surface area contributed by atoms with E-state index < -0.39 is 5.97 Å². The zero-order chi connectivity index (χ0) is 21.0. The molecule has 0 atom stereocenters.